The van der Waals surface area contributed by atoms with Gasteiger partial charge in [0.15, 0.2) is 0 Å². The number of benzene rings is 1. The second kappa shape index (κ2) is 4.82. The molecule has 0 saturated carbocycles. The fourth-order valence-corrected chi connectivity index (χ4v) is 0.843. The van der Waals surface area contributed by atoms with Crippen molar-refractivity contribution in [3.63, 3.8) is 0 Å². The first-order valence-electron chi connectivity index (χ1n) is 4.64. The van der Waals surface area contributed by atoms with Crippen LogP contribution in [0.3, 0.4) is 0 Å². The van der Waals surface area contributed by atoms with Gasteiger partial charge in [-0.1, -0.05) is 30.3 Å². The van der Waals surface area contributed by atoms with Gasteiger partial charge in [0.1, 0.15) is 11.9 Å². The largest absolute Gasteiger partial charge is 0.345 e. The average molecular weight is 192 g/mol. The van der Waals surface area contributed by atoms with Gasteiger partial charge < -0.3 is 4.89 Å². The fraction of sp³-hybridized carbons (Fsp3) is 0.333. The SMILES string of the molecule is CC(C)(C)OOC=Cc1ccccc1. The van der Waals surface area contributed by atoms with Crippen LogP contribution in [0.5, 0.6) is 0 Å². The van der Waals surface area contributed by atoms with E-state index in [1.165, 1.54) is 0 Å². The van der Waals surface area contributed by atoms with E-state index in [1.807, 2.05) is 57.2 Å². The highest BCUT2D eigenvalue weighted by atomic mass is 17.2. The van der Waals surface area contributed by atoms with Crippen molar-refractivity contribution in [3.05, 3.63) is 42.2 Å². The molecule has 2 nitrogen and oxygen atoms in total. The van der Waals surface area contributed by atoms with Crippen LogP contribution in [0.1, 0.15) is 26.3 Å². The van der Waals surface area contributed by atoms with Crippen molar-refractivity contribution in [2.75, 3.05) is 0 Å². The lowest BCUT2D eigenvalue weighted by Crippen LogP contribution is -2.17. The van der Waals surface area contributed by atoms with Crippen LogP contribution in [0.15, 0.2) is 36.6 Å². The summed E-state index contributed by atoms with van der Waals surface area (Å²) in [5.74, 6) is 0. The normalized spacial score (nSPS) is 11.9. The molecule has 0 aliphatic carbocycles. The van der Waals surface area contributed by atoms with Crippen molar-refractivity contribution in [3.8, 4) is 0 Å². The molecule has 0 heterocycles. The van der Waals surface area contributed by atoms with Crippen molar-refractivity contribution < 1.29 is 9.78 Å². The molecule has 1 rings (SSSR count). The van der Waals surface area contributed by atoms with E-state index in [9.17, 15) is 0 Å². The van der Waals surface area contributed by atoms with Crippen molar-refractivity contribution in [1.29, 1.82) is 0 Å². The highest BCUT2D eigenvalue weighted by Gasteiger charge is 2.10. The van der Waals surface area contributed by atoms with Gasteiger partial charge >= 0.3 is 0 Å². The topological polar surface area (TPSA) is 18.5 Å². The van der Waals surface area contributed by atoms with Crippen LogP contribution in [0.4, 0.5) is 0 Å². The Bertz CT molecular complexity index is 283. The molecule has 0 fully saturated rings. The summed E-state index contributed by atoms with van der Waals surface area (Å²) in [4.78, 5) is 9.99. The van der Waals surface area contributed by atoms with E-state index in [1.54, 1.807) is 6.26 Å². The predicted molar refractivity (Wildman–Crippen MR) is 57.4 cm³/mol. The van der Waals surface area contributed by atoms with Crippen molar-refractivity contribution in [1.82, 2.24) is 0 Å². The summed E-state index contributed by atoms with van der Waals surface area (Å²) in [6, 6.07) is 9.92. The molecule has 1 aromatic rings. The molecule has 0 bridgehead atoms. The molecule has 0 aliphatic rings. The highest BCUT2D eigenvalue weighted by molar-refractivity contribution is 5.47. The first-order chi connectivity index (χ1) is 6.58. The molecule has 0 aromatic heterocycles. The van der Waals surface area contributed by atoms with Gasteiger partial charge in [-0.05, 0) is 32.4 Å². The minimum Gasteiger partial charge on any atom is -0.345 e. The molecule has 0 radical (unpaired) electrons. The lowest BCUT2D eigenvalue weighted by Gasteiger charge is -2.15. The number of rotatable bonds is 3. The molecule has 0 aliphatic heterocycles. The molecule has 0 amide bonds. The van der Waals surface area contributed by atoms with Crippen LogP contribution in [-0.2, 0) is 9.78 Å². The molecule has 0 unspecified atom stereocenters. The van der Waals surface area contributed by atoms with Crippen LogP contribution in [0, 0.1) is 0 Å². The first kappa shape index (κ1) is 10.8. The summed E-state index contributed by atoms with van der Waals surface area (Å²) in [6.07, 6.45) is 3.40. The zero-order valence-electron chi connectivity index (χ0n) is 8.86. The number of hydrogen-bond donors (Lipinski definition) is 0. The lowest BCUT2D eigenvalue weighted by molar-refractivity contribution is -0.309. The average Bonchev–Trinajstić information content (AvgIpc) is 2.13. The molecular formula is C12H16O2. The van der Waals surface area contributed by atoms with Gasteiger partial charge in [0.05, 0.1) is 0 Å². The van der Waals surface area contributed by atoms with E-state index in [4.69, 9.17) is 9.78 Å². The molecule has 0 saturated heterocycles. The molecule has 14 heavy (non-hydrogen) atoms. The van der Waals surface area contributed by atoms with Gasteiger partial charge in [-0.2, -0.15) is 4.89 Å². The molecule has 0 N–H and O–H groups in total. The smallest absolute Gasteiger partial charge is 0.130 e. The Morgan fingerprint density at radius 2 is 1.71 bits per heavy atom. The summed E-state index contributed by atoms with van der Waals surface area (Å²) in [7, 11) is 0. The van der Waals surface area contributed by atoms with Crippen molar-refractivity contribution in [2.45, 2.75) is 26.4 Å². The minimum atomic E-state index is -0.277. The lowest BCUT2D eigenvalue weighted by atomic mass is 10.2. The van der Waals surface area contributed by atoms with Crippen LogP contribution in [-0.4, -0.2) is 5.60 Å². The van der Waals surface area contributed by atoms with E-state index in [-0.39, 0.29) is 5.60 Å². The standard InChI is InChI=1S/C12H16O2/c1-12(2,3)14-13-10-9-11-7-5-4-6-8-11/h4-10H,1-3H3. The van der Waals surface area contributed by atoms with Crippen LogP contribution >= 0.6 is 0 Å². The molecule has 0 atom stereocenters. The Kier molecular flexibility index (Phi) is 3.72. The van der Waals surface area contributed by atoms with E-state index >= 15 is 0 Å². The summed E-state index contributed by atoms with van der Waals surface area (Å²) in [5.41, 5.74) is 0.811. The van der Waals surface area contributed by atoms with E-state index < -0.39 is 0 Å². The summed E-state index contributed by atoms with van der Waals surface area (Å²) < 4.78 is 0. The van der Waals surface area contributed by atoms with Gasteiger partial charge in [0.25, 0.3) is 0 Å². The maximum Gasteiger partial charge on any atom is 0.130 e. The maximum absolute atomic E-state index is 5.06. The second-order valence-corrected chi connectivity index (χ2v) is 4.01. The third-order valence-electron chi connectivity index (χ3n) is 1.41. The molecule has 0 spiro atoms. The summed E-state index contributed by atoms with van der Waals surface area (Å²) >= 11 is 0. The Morgan fingerprint density at radius 1 is 1.07 bits per heavy atom. The summed E-state index contributed by atoms with van der Waals surface area (Å²) in [5, 5.41) is 0. The molecular weight excluding hydrogens is 176 g/mol. The third kappa shape index (κ3) is 4.67. The van der Waals surface area contributed by atoms with E-state index in [2.05, 4.69) is 0 Å². The summed E-state index contributed by atoms with van der Waals surface area (Å²) in [6.45, 7) is 5.80. The maximum atomic E-state index is 5.06. The molecule has 2 heteroatoms. The van der Waals surface area contributed by atoms with Gasteiger partial charge in [0.2, 0.25) is 0 Å². The quantitative estimate of drug-likeness (QED) is 0.415. The van der Waals surface area contributed by atoms with E-state index in [0.717, 1.165) is 5.56 Å². The van der Waals surface area contributed by atoms with Crippen LogP contribution < -0.4 is 0 Å². The molecule has 1 aromatic carbocycles. The second-order valence-electron chi connectivity index (χ2n) is 4.01. The monoisotopic (exact) mass is 192 g/mol. The Hall–Kier alpha value is -1.28. The zero-order valence-corrected chi connectivity index (χ0v) is 8.86. The first-order valence-corrected chi connectivity index (χ1v) is 4.64. The van der Waals surface area contributed by atoms with Crippen molar-refractivity contribution in [2.24, 2.45) is 0 Å². The Morgan fingerprint density at radius 3 is 2.29 bits per heavy atom. The van der Waals surface area contributed by atoms with Gasteiger partial charge in [-0.15, -0.1) is 0 Å². The van der Waals surface area contributed by atoms with Gasteiger partial charge in [-0.25, -0.2) is 0 Å². The van der Waals surface area contributed by atoms with Gasteiger partial charge in [0, 0.05) is 0 Å². The highest BCUT2D eigenvalue weighted by Crippen LogP contribution is 2.08. The predicted octanol–water partition coefficient (Wildman–Crippen LogP) is 3.40. The molecule has 76 valence electrons. The Balaban J connectivity index is 2.35. The minimum absolute atomic E-state index is 0.277. The van der Waals surface area contributed by atoms with E-state index in [0.29, 0.717) is 0 Å². The third-order valence-corrected chi connectivity index (χ3v) is 1.41. The fourth-order valence-electron chi connectivity index (χ4n) is 0.843. The van der Waals surface area contributed by atoms with Gasteiger partial charge in [-0.3, -0.25) is 0 Å². The van der Waals surface area contributed by atoms with Crippen LogP contribution in [0.25, 0.3) is 6.08 Å². The zero-order chi connectivity index (χ0) is 10.4. The van der Waals surface area contributed by atoms with Crippen LogP contribution in [0.2, 0.25) is 0 Å². The van der Waals surface area contributed by atoms with Crippen molar-refractivity contribution >= 4 is 6.08 Å². The Labute approximate surface area is 85.1 Å². The number of hydrogen-bond acceptors (Lipinski definition) is 2.